The highest BCUT2D eigenvalue weighted by atomic mass is 35.5. The van der Waals surface area contributed by atoms with Crippen LogP contribution in [0.25, 0.3) is 10.2 Å². The number of amides is 1. The molecule has 5 nitrogen and oxygen atoms in total. The van der Waals surface area contributed by atoms with Gasteiger partial charge in [0.25, 0.3) is 5.91 Å². The van der Waals surface area contributed by atoms with Crippen molar-refractivity contribution in [2.45, 2.75) is 12.6 Å². The molecule has 0 N–H and O–H groups in total. The third kappa shape index (κ3) is 2.96. The molecule has 1 aliphatic heterocycles. The summed E-state index contributed by atoms with van der Waals surface area (Å²) in [6, 6.07) is 12.8. The fourth-order valence-corrected chi connectivity index (χ4v) is 4.11. The number of para-hydroxylation sites is 3. The Hall–Kier alpha value is -2.75. The molecule has 2 heterocycles. The summed E-state index contributed by atoms with van der Waals surface area (Å²) in [5, 5.41) is 0.564. The summed E-state index contributed by atoms with van der Waals surface area (Å²) >= 11 is 7.65. The smallest absolute Gasteiger partial charge is 0.292 e. The average Bonchev–Trinajstić information content (AvgIpc) is 3.00. The van der Waals surface area contributed by atoms with Crippen molar-refractivity contribution in [2.24, 2.45) is 4.99 Å². The summed E-state index contributed by atoms with van der Waals surface area (Å²) in [4.78, 5) is 17.4. The predicted molar refractivity (Wildman–Crippen MR) is 101 cm³/mol. The maximum atomic E-state index is 12.6. The lowest BCUT2D eigenvalue weighted by molar-refractivity contribution is -0.127. The minimum Gasteiger partial charge on any atom is -0.485 e. The number of ether oxygens (including phenoxy) is 2. The highest BCUT2D eigenvalue weighted by molar-refractivity contribution is 7.16. The second kappa shape index (κ2) is 6.87. The Balaban J connectivity index is 1.73. The number of carbonyl (C=O) groups is 1. The number of fused-ring (bicyclic) bond motifs is 2. The molecule has 3 aromatic rings. The van der Waals surface area contributed by atoms with Gasteiger partial charge < -0.3 is 14.0 Å². The molecule has 1 aromatic heterocycles. The van der Waals surface area contributed by atoms with Gasteiger partial charge in [-0.15, -0.1) is 6.42 Å². The topological polar surface area (TPSA) is 52.8 Å². The number of carbonyl (C=O) groups excluding carboxylic acids is 1. The van der Waals surface area contributed by atoms with Gasteiger partial charge in [-0.2, -0.15) is 4.99 Å². The maximum Gasteiger partial charge on any atom is 0.292 e. The van der Waals surface area contributed by atoms with Gasteiger partial charge in [-0.1, -0.05) is 47.1 Å². The molecule has 0 spiro atoms. The molecule has 1 atom stereocenters. The number of terminal acetylenes is 1. The van der Waals surface area contributed by atoms with Crippen molar-refractivity contribution >= 4 is 39.1 Å². The first kappa shape index (κ1) is 16.7. The Morgan fingerprint density at radius 2 is 2.12 bits per heavy atom. The van der Waals surface area contributed by atoms with Gasteiger partial charge in [0.05, 0.1) is 21.8 Å². The Labute approximate surface area is 158 Å². The van der Waals surface area contributed by atoms with Crippen molar-refractivity contribution in [3.63, 3.8) is 0 Å². The van der Waals surface area contributed by atoms with E-state index in [2.05, 4.69) is 10.9 Å². The van der Waals surface area contributed by atoms with Crippen molar-refractivity contribution in [1.29, 1.82) is 0 Å². The van der Waals surface area contributed by atoms with Crippen molar-refractivity contribution in [1.82, 2.24) is 4.57 Å². The SMILES string of the molecule is C#CCn1c(=NC(=O)C2COc3ccccc3O2)sc2cccc(Cl)c21. The van der Waals surface area contributed by atoms with E-state index in [1.807, 2.05) is 24.3 Å². The molecule has 2 aromatic carbocycles. The van der Waals surface area contributed by atoms with Crippen LogP contribution < -0.4 is 14.3 Å². The van der Waals surface area contributed by atoms with E-state index in [9.17, 15) is 4.79 Å². The molecule has 1 amide bonds. The summed E-state index contributed by atoms with van der Waals surface area (Å²) in [5.41, 5.74) is 0.773. The van der Waals surface area contributed by atoms with Gasteiger partial charge in [-0.3, -0.25) is 4.79 Å². The van der Waals surface area contributed by atoms with E-state index in [1.165, 1.54) is 11.3 Å². The third-order valence-electron chi connectivity index (χ3n) is 3.89. The van der Waals surface area contributed by atoms with Crippen LogP contribution in [0.3, 0.4) is 0 Å². The molecular formula is C19H13ClN2O3S. The molecule has 7 heteroatoms. The van der Waals surface area contributed by atoms with Crippen LogP contribution in [0.1, 0.15) is 0 Å². The molecule has 1 aliphatic rings. The zero-order chi connectivity index (χ0) is 18.1. The monoisotopic (exact) mass is 384 g/mol. The number of hydrogen-bond donors (Lipinski definition) is 0. The normalized spacial score (nSPS) is 16.5. The molecule has 4 rings (SSSR count). The van der Waals surface area contributed by atoms with Gasteiger partial charge in [-0.05, 0) is 24.3 Å². The average molecular weight is 385 g/mol. The highest BCUT2D eigenvalue weighted by Gasteiger charge is 2.27. The summed E-state index contributed by atoms with van der Waals surface area (Å²) in [7, 11) is 0. The molecule has 0 bridgehead atoms. The zero-order valence-electron chi connectivity index (χ0n) is 13.5. The molecule has 1 unspecified atom stereocenters. The van der Waals surface area contributed by atoms with Crippen LogP contribution in [0.2, 0.25) is 5.02 Å². The van der Waals surface area contributed by atoms with E-state index >= 15 is 0 Å². The van der Waals surface area contributed by atoms with Gasteiger partial charge in [0, 0.05) is 0 Å². The van der Waals surface area contributed by atoms with Crippen LogP contribution >= 0.6 is 22.9 Å². The van der Waals surface area contributed by atoms with E-state index in [4.69, 9.17) is 27.5 Å². The number of aromatic nitrogens is 1. The number of halogens is 1. The lowest BCUT2D eigenvalue weighted by Gasteiger charge is -2.23. The first-order valence-electron chi connectivity index (χ1n) is 7.86. The molecule has 0 radical (unpaired) electrons. The summed E-state index contributed by atoms with van der Waals surface area (Å²) in [6.07, 6.45) is 4.67. The minimum atomic E-state index is -0.801. The number of thiazole rings is 1. The number of benzene rings is 2. The highest BCUT2D eigenvalue weighted by Crippen LogP contribution is 2.31. The largest absolute Gasteiger partial charge is 0.485 e. The lowest BCUT2D eigenvalue weighted by Crippen LogP contribution is -2.36. The van der Waals surface area contributed by atoms with Crippen molar-refractivity contribution in [3.8, 4) is 23.8 Å². The Morgan fingerprint density at radius 3 is 2.92 bits per heavy atom. The van der Waals surface area contributed by atoms with Crippen LogP contribution in [0.5, 0.6) is 11.5 Å². The van der Waals surface area contributed by atoms with E-state index in [0.717, 1.165) is 10.2 Å². The van der Waals surface area contributed by atoms with Gasteiger partial charge in [0.15, 0.2) is 16.3 Å². The minimum absolute atomic E-state index is 0.111. The van der Waals surface area contributed by atoms with Crippen molar-refractivity contribution < 1.29 is 14.3 Å². The fraction of sp³-hybridized carbons (Fsp3) is 0.158. The zero-order valence-corrected chi connectivity index (χ0v) is 15.1. The van der Waals surface area contributed by atoms with Crippen LogP contribution in [0, 0.1) is 12.3 Å². The molecule has 0 aliphatic carbocycles. The summed E-state index contributed by atoms with van der Waals surface area (Å²) in [5.74, 6) is 3.31. The number of hydrogen-bond acceptors (Lipinski definition) is 4. The second-order valence-electron chi connectivity index (χ2n) is 5.58. The first-order chi connectivity index (χ1) is 12.7. The van der Waals surface area contributed by atoms with Crippen molar-refractivity contribution in [2.75, 3.05) is 6.61 Å². The molecule has 26 heavy (non-hydrogen) atoms. The van der Waals surface area contributed by atoms with E-state index < -0.39 is 12.0 Å². The summed E-state index contributed by atoms with van der Waals surface area (Å²) in [6.45, 7) is 0.376. The maximum absolute atomic E-state index is 12.6. The quantitative estimate of drug-likeness (QED) is 0.637. The third-order valence-corrected chi connectivity index (χ3v) is 5.24. The van der Waals surface area contributed by atoms with Gasteiger partial charge >= 0.3 is 0 Å². The number of rotatable bonds is 2. The summed E-state index contributed by atoms with van der Waals surface area (Å²) < 4.78 is 14.0. The Bertz CT molecular complexity index is 1110. The van der Waals surface area contributed by atoms with E-state index in [1.54, 1.807) is 22.8 Å². The van der Waals surface area contributed by atoms with Gasteiger partial charge in [0.1, 0.15) is 6.61 Å². The number of nitrogens with zero attached hydrogens (tertiary/aromatic N) is 2. The van der Waals surface area contributed by atoms with Crippen LogP contribution in [0.4, 0.5) is 0 Å². The molecule has 0 saturated heterocycles. The van der Waals surface area contributed by atoms with Crippen molar-refractivity contribution in [3.05, 3.63) is 52.3 Å². The fourth-order valence-electron chi connectivity index (χ4n) is 2.72. The predicted octanol–water partition coefficient (Wildman–Crippen LogP) is 3.26. The van der Waals surface area contributed by atoms with Crippen LogP contribution in [-0.2, 0) is 11.3 Å². The molecule has 130 valence electrons. The van der Waals surface area contributed by atoms with E-state index in [-0.39, 0.29) is 13.2 Å². The standard InChI is InChI=1S/C19H13ClN2O3S/c1-2-10-22-17-12(20)6-5-9-16(17)26-19(22)21-18(23)15-11-24-13-7-3-4-8-14(13)25-15/h1,3-9,15H,10-11H2. The molecular weight excluding hydrogens is 372 g/mol. The van der Waals surface area contributed by atoms with Gasteiger partial charge in [0.2, 0.25) is 6.10 Å². The lowest BCUT2D eigenvalue weighted by atomic mass is 10.2. The van der Waals surface area contributed by atoms with Crippen LogP contribution in [-0.4, -0.2) is 23.2 Å². The Kier molecular flexibility index (Phi) is 4.41. The first-order valence-corrected chi connectivity index (χ1v) is 9.05. The Morgan fingerprint density at radius 1 is 1.31 bits per heavy atom. The van der Waals surface area contributed by atoms with Crippen LogP contribution in [0.15, 0.2) is 47.5 Å². The van der Waals surface area contributed by atoms with E-state index in [0.29, 0.717) is 21.3 Å². The molecule has 0 fully saturated rings. The molecule has 0 saturated carbocycles. The second-order valence-corrected chi connectivity index (χ2v) is 6.99. The van der Waals surface area contributed by atoms with Gasteiger partial charge in [-0.25, -0.2) is 0 Å².